The molecule has 1 saturated heterocycles. The minimum absolute atomic E-state index is 0.0838. The number of nitrogens with zero attached hydrogens (tertiary/aromatic N) is 3. The third kappa shape index (κ3) is 3.58. The molecule has 5 nitrogen and oxygen atoms in total. The molecule has 2 aliphatic heterocycles. The number of hydrogen-bond donors (Lipinski definition) is 0. The second-order valence-electron chi connectivity index (χ2n) is 8.66. The first-order valence-corrected chi connectivity index (χ1v) is 11.0. The van der Waals surface area contributed by atoms with Crippen molar-refractivity contribution in [3.8, 4) is 0 Å². The second kappa shape index (κ2) is 7.99. The van der Waals surface area contributed by atoms with Crippen LogP contribution in [0.25, 0.3) is 11.6 Å². The van der Waals surface area contributed by atoms with Gasteiger partial charge in [-0.15, -0.1) is 0 Å². The van der Waals surface area contributed by atoms with Crippen LogP contribution in [0, 0.1) is 0 Å². The molecule has 0 spiro atoms. The van der Waals surface area contributed by atoms with E-state index in [9.17, 15) is 9.59 Å². The van der Waals surface area contributed by atoms with Gasteiger partial charge in [0.15, 0.2) is 5.11 Å². The van der Waals surface area contributed by atoms with Crippen molar-refractivity contribution < 1.29 is 9.59 Å². The molecule has 0 aromatic heterocycles. The number of carbonyl (C=O) groups is 2. The molecule has 0 N–H and O–H groups in total. The van der Waals surface area contributed by atoms with Gasteiger partial charge in [0.05, 0.1) is 5.54 Å². The predicted molar refractivity (Wildman–Crippen MR) is 127 cm³/mol. The maximum Gasteiger partial charge on any atom is 0.265 e. The summed E-state index contributed by atoms with van der Waals surface area (Å²) < 4.78 is 0. The minimum atomic E-state index is -0.327. The molecular formula is C24H31N3O2S. The molecule has 0 aliphatic carbocycles. The van der Waals surface area contributed by atoms with Crippen LogP contribution in [0.2, 0.25) is 0 Å². The molecule has 2 aliphatic rings. The van der Waals surface area contributed by atoms with Gasteiger partial charge in [-0.05, 0) is 90.0 Å². The number of rotatable bonds is 4. The molecule has 30 heavy (non-hydrogen) atoms. The zero-order valence-electron chi connectivity index (χ0n) is 18.9. The van der Waals surface area contributed by atoms with Gasteiger partial charge in [0.25, 0.3) is 11.8 Å². The Morgan fingerprint density at radius 2 is 1.63 bits per heavy atom. The van der Waals surface area contributed by atoms with Gasteiger partial charge >= 0.3 is 0 Å². The molecule has 2 heterocycles. The van der Waals surface area contributed by atoms with E-state index >= 15 is 0 Å². The maximum absolute atomic E-state index is 12.9. The normalized spacial score (nSPS) is 18.8. The first kappa shape index (κ1) is 22.2. The Hall–Kier alpha value is -2.47. The molecule has 0 bridgehead atoms. The van der Waals surface area contributed by atoms with Crippen LogP contribution in [-0.2, 0) is 9.59 Å². The SMILES string of the molecule is CCN1C(=O)C(=Cc2ccc3c(c2)C(C)=CC(C)(C)N3C(C)C)C(=O)N(CC)C1=S. The largest absolute Gasteiger partial charge is 0.360 e. The van der Waals surface area contributed by atoms with E-state index in [4.69, 9.17) is 12.2 Å². The van der Waals surface area contributed by atoms with Crippen LogP contribution < -0.4 is 4.90 Å². The number of fused-ring (bicyclic) bond motifs is 1. The average Bonchev–Trinajstić information content (AvgIpc) is 2.65. The number of carbonyl (C=O) groups excluding carboxylic acids is 2. The van der Waals surface area contributed by atoms with Crippen LogP contribution in [0.1, 0.15) is 59.6 Å². The average molecular weight is 426 g/mol. The quantitative estimate of drug-likeness (QED) is 0.405. The summed E-state index contributed by atoms with van der Waals surface area (Å²) >= 11 is 5.34. The molecule has 0 unspecified atom stereocenters. The fourth-order valence-corrected chi connectivity index (χ4v) is 5.07. The highest BCUT2D eigenvalue weighted by Gasteiger charge is 2.38. The van der Waals surface area contributed by atoms with Crippen LogP contribution in [0.3, 0.4) is 0 Å². The van der Waals surface area contributed by atoms with Crippen LogP contribution in [0.4, 0.5) is 5.69 Å². The monoisotopic (exact) mass is 425 g/mol. The lowest BCUT2D eigenvalue weighted by atomic mass is 9.86. The van der Waals surface area contributed by atoms with E-state index in [-0.39, 0.29) is 28.0 Å². The first-order valence-electron chi connectivity index (χ1n) is 10.6. The maximum atomic E-state index is 12.9. The number of allylic oxidation sites excluding steroid dienone is 1. The summed E-state index contributed by atoms with van der Waals surface area (Å²) in [5, 5.41) is 0.283. The number of hydrogen-bond acceptors (Lipinski definition) is 4. The van der Waals surface area contributed by atoms with Gasteiger partial charge < -0.3 is 4.90 Å². The number of likely N-dealkylation sites (N-methyl/N-ethyl adjacent to an activating group) is 2. The number of anilines is 1. The highest BCUT2D eigenvalue weighted by atomic mass is 32.1. The lowest BCUT2D eigenvalue weighted by molar-refractivity contribution is -0.133. The standard InChI is InChI=1S/C24H31N3O2S/c1-8-25-21(28)19(22(29)26(9-2)23(25)30)13-17-10-11-20-18(12-17)16(5)14-24(6,7)27(20)15(3)4/h10-15H,8-9H2,1-7H3. The van der Waals surface area contributed by atoms with Gasteiger partial charge in [0.2, 0.25) is 0 Å². The number of benzene rings is 1. The molecule has 0 atom stereocenters. The Bertz CT molecular complexity index is 947. The van der Waals surface area contributed by atoms with E-state index in [0.717, 1.165) is 11.1 Å². The van der Waals surface area contributed by atoms with Crippen molar-refractivity contribution in [1.82, 2.24) is 9.80 Å². The molecule has 0 radical (unpaired) electrons. The number of thiocarbonyl (C=S) groups is 1. The van der Waals surface area contributed by atoms with Gasteiger partial charge in [0.1, 0.15) is 5.57 Å². The van der Waals surface area contributed by atoms with Crippen molar-refractivity contribution in [2.75, 3.05) is 18.0 Å². The summed E-state index contributed by atoms with van der Waals surface area (Å²) in [5.74, 6) is -0.653. The third-order valence-corrected chi connectivity index (χ3v) is 6.21. The topological polar surface area (TPSA) is 43.9 Å². The molecule has 3 rings (SSSR count). The number of amides is 2. The van der Waals surface area contributed by atoms with Crippen molar-refractivity contribution in [3.63, 3.8) is 0 Å². The van der Waals surface area contributed by atoms with Crippen molar-refractivity contribution in [1.29, 1.82) is 0 Å². The van der Waals surface area contributed by atoms with Crippen molar-refractivity contribution in [3.05, 3.63) is 41.0 Å². The Labute approximate surface area is 185 Å². The lowest BCUT2D eigenvalue weighted by Gasteiger charge is -2.46. The van der Waals surface area contributed by atoms with E-state index < -0.39 is 0 Å². The van der Waals surface area contributed by atoms with Gasteiger partial charge in [-0.3, -0.25) is 19.4 Å². The molecular weight excluding hydrogens is 394 g/mol. The molecule has 6 heteroatoms. The molecule has 1 aromatic rings. The highest BCUT2D eigenvalue weighted by Crippen LogP contribution is 2.40. The third-order valence-electron chi connectivity index (χ3n) is 5.77. The first-order chi connectivity index (χ1) is 14.0. The summed E-state index contributed by atoms with van der Waals surface area (Å²) in [6.07, 6.45) is 3.98. The Kier molecular flexibility index (Phi) is 5.92. The van der Waals surface area contributed by atoms with E-state index in [1.807, 2.05) is 19.9 Å². The highest BCUT2D eigenvalue weighted by molar-refractivity contribution is 7.80. The zero-order valence-corrected chi connectivity index (χ0v) is 19.8. The van der Waals surface area contributed by atoms with E-state index in [1.54, 1.807) is 6.08 Å². The van der Waals surface area contributed by atoms with Crippen LogP contribution in [0.5, 0.6) is 0 Å². The zero-order chi connectivity index (χ0) is 22.4. The molecule has 0 saturated carbocycles. The van der Waals surface area contributed by atoms with Crippen molar-refractivity contribution in [2.45, 2.75) is 60.0 Å². The lowest BCUT2D eigenvalue weighted by Crippen LogP contribution is -2.55. The van der Waals surface area contributed by atoms with Gasteiger partial charge in [-0.1, -0.05) is 12.1 Å². The van der Waals surface area contributed by atoms with Crippen LogP contribution >= 0.6 is 12.2 Å². The summed E-state index contributed by atoms with van der Waals surface area (Å²) in [5.41, 5.74) is 4.40. The van der Waals surface area contributed by atoms with Crippen molar-refractivity contribution in [2.24, 2.45) is 0 Å². The smallest absolute Gasteiger partial charge is 0.265 e. The van der Waals surface area contributed by atoms with E-state index in [2.05, 4.69) is 57.7 Å². The minimum Gasteiger partial charge on any atom is -0.360 e. The van der Waals surface area contributed by atoms with E-state index in [1.165, 1.54) is 21.1 Å². The fraction of sp³-hybridized carbons (Fsp3) is 0.458. The summed E-state index contributed by atoms with van der Waals surface area (Å²) in [6, 6.07) is 6.48. The molecule has 1 fully saturated rings. The second-order valence-corrected chi connectivity index (χ2v) is 9.03. The van der Waals surface area contributed by atoms with Crippen LogP contribution in [-0.4, -0.2) is 51.4 Å². The predicted octanol–water partition coefficient (Wildman–Crippen LogP) is 4.48. The fourth-order valence-electron chi connectivity index (χ4n) is 4.65. The summed E-state index contributed by atoms with van der Waals surface area (Å²) in [6.45, 7) is 15.5. The molecule has 2 amide bonds. The van der Waals surface area contributed by atoms with Crippen molar-refractivity contribution >= 4 is 46.5 Å². The Balaban J connectivity index is 2.09. The van der Waals surface area contributed by atoms with Gasteiger partial charge in [0, 0.05) is 30.4 Å². The van der Waals surface area contributed by atoms with Gasteiger partial charge in [-0.2, -0.15) is 0 Å². The van der Waals surface area contributed by atoms with E-state index in [0.29, 0.717) is 19.1 Å². The van der Waals surface area contributed by atoms with Gasteiger partial charge in [-0.25, -0.2) is 0 Å². The summed E-state index contributed by atoms with van der Waals surface area (Å²) in [4.78, 5) is 31.2. The molecule has 160 valence electrons. The van der Waals surface area contributed by atoms with Crippen LogP contribution in [0.15, 0.2) is 29.8 Å². The Morgan fingerprint density at radius 3 is 2.13 bits per heavy atom. The molecule has 1 aromatic carbocycles. The Morgan fingerprint density at radius 1 is 1.07 bits per heavy atom. The summed E-state index contributed by atoms with van der Waals surface area (Å²) in [7, 11) is 0.